The Hall–Kier alpha value is -1.82. The maximum Gasteiger partial charge on any atom is 0.323 e. The van der Waals surface area contributed by atoms with E-state index in [1.807, 2.05) is 32.9 Å². The van der Waals surface area contributed by atoms with Crippen molar-refractivity contribution >= 4 is 34.4 Å². The molecule has 0 heterocycles. The number of benzene rings is 1. The van der Waals surface area contributed by atoms with Crippen LogP contribution >= 0.6 is 11.8 Å². The maximum absolute atomic E-state index is 12.8. The number of carboxylic acid groups (broad SMARTS) is 1. The number of hydrogen-bond acceptors (Lipinski definition) is 4. The second-order valence-corrected chi connectivity index (χ2v) is 8.83. The number of nitrogens with zero attached hydrogens (tertiary/aromatic N) is 1. The van der Waals surface area contributed by atoms with Crippen molar-refractivity contribution in [1.29, 1.82) is 0 Å². The smallest absolute Gasteiger partial charge is 0.323 e. The molecule has 0 radical (unpaired) electrons. The molecule has 1 aromatic rings. The molecule has 5 nitrogen and oxygen atoms in total. The molecule has 0 saturated carbocycles. The van der Waals surface area contributed by atoms with Gasteiger partial charge in [-0.25, -0.2) is 0 Å². The highest BCUT2D eigenvalue weighted by molar-refractivity contribution is 8.13. The van der Waals surface area contributed by atoms with Crippen LogP contribution in [0.1, 0.15) is 53.0 Å². The number of rotatable bonds is 9. The van der Waals surface area contributed by atoms with Gasteiger partial charge in [0.2, 0.25) is 5.91 Å². The molecule has 0 aliphatic carbocycles. The SMILES string of the molecule is CCCCc1ccc(N(CC(=O)O)C(=O)C(C)CSC(=O)C(C)(C)C)cc1. The standard InChI is InChI=1S/C21H31NO4S/c1-6-7-8-16-9-11-17(12-10-16)22(13-18(23)24)19(25)15(2)14-27-20(26)21(3,4)5/h9-12,15H,6-8,13-14H2,1-5H3,(H,23,24). The van der Waals surface area contributed by atoms with Crippen molar-refractivity contribution in [2.45, 2.75) is 53.9 Å². The minimum atomic E-state index is -1.07. The van der Waals surface area contributed by atoms with Crippen molar-refractivity contribution in [3.8, 4) is 0 Å². The summed E-state index contributed by atoms with van der Waals surface area (Å²) in [5, 5.41) is 9.24. The first-order valence-electron chi connectivity index (χ1n) is 9.35. The molecular weight excluding hydrogens is 362 g/mol. The molecule has 27 heavy (non-hydrogen) atoms. The Morgan fingerprint density at radius 1 is 1.15 bits per heavy atom. The van der Waals surface area contributed by atoms with Crippen molar-refractivity contribution in [2.75, 3.05) is 17.2 Å². The number of aliphatic carboxylic acids is 1. The number of carbonyl (C=O) groups is 3. The zero-order chi connectivity index (χ0) is 20.6. The van der Waals surface area contributed by atoms with E-state index in [4.69, 9.17) is 0 Å². The van der Waals surface area contributed by atoms with Crippen molar-refractivity contribution in [2.24, 2.45) is 11.3 Å². The van der Waals surface area contributed by atoms with E-state index in [0.717, 1.165) is 31.0 Å². The number of aryl methyl sites for hydroxylation is 1. The molecule has 0 saturated heterocycles. The van der Waals surface area contributed by atoms with E-state index in [1.165, 1.54) is 10.5 Å². The van der Waals surface area contributed by atoms with Crippen LogP contribution in [0.15, 0.2) is 24.3 Å². The third-order valence-electron chi connectivity index (χ3n) is 4.12. The molecular formula is C21H31NO4S. The van der Waals surface area contributed by atoms with Crippen LogP contribution in [0.4, 0.5) is 5.69 Å². The molecule has 0 bridgehead atoms. The minimum absolute atomic E-state index is 0.0206. The highest BCUT2D eigenvalue weighted by atomic mass is 32.2. The van der Waals surface area contributed by atoms with Crippen LogP contribution < -0.4 is 4.90 Å². The lowest BCUT2D eigenvalue weighted by Crippen LogP contribution is -2.40. The lowest BCUT2D eigenvalue weighted by molar-refractivity contribution is -0.137. The fourth-order valence-corrected chi connectivity index (χ4v) is 3.39. The van der Waals surface area contributed by atoms with Gasteiger partial charge in [-0.2, -0.15) is 0 Å². The van der Waals surface area contributed by atoms with Crippen LogP contribution in [0, 0.1) is 11.3 Å². The van der Waals surface area contributed by atoms with Gasteiger partial charge in [0.15, 0.2) is 5.12 Å². The van der Waals surface area contributed by atoms with Crippen LogP contribution in [-0.4, -0.2) is 34.4 Å². The summed E-state index contributed by atoms with van der Waals surface area (Å²) in [6, 6.07) is 7.48. The fraction of sp³-hybridized carbons (Fsp3) is 0.571. The number of carboxylic acids is 1. The van der Waals surface area contributed by atoms with Crippen molar-refractivity contribution in [3.63, 3.8) is 0 Å². The molecule has 6 heteroatoms. The molecule has 1 atom stereocenters. The summed E-state index contributed by atoms with van der Waals surface area (Å²) in [4.78, 5) is 37.5. The van der Waals surface area contributed by atoms with Crippen molar-refractivity contribution in [3.05, 3.63) is 29.8 Å². The van der Waals surface area contributed by atoms with E-state index < -0.39 is 23.8 Å². The van der Waals surface area contributed by atoms with Gasteiger partial charge < -0.3 is 10.0 Å². The first-order valence-corrected chi connectivity index (χ1v) is 10.3. The Morgan fingerprint density at radius 3 is 2.22 bits per heavy atom. The van der Waals surface area contributed by atoms with Gasteiger partial charge in [-0.1, -0.05) is 64.9 Å². The monoisotopic (exact) mass is 393 g/mol. The Balaban J connectivity index is 2.87. The highest BCUT2D eigenvalue weighted by Crippen LogP contribution is 2.26. The third kappa shape index (κ3) is 7.75. The molecule has 0 spiro atoms. The molecule has 150 valence electrons. The molecule has 0 aliphatic heterocycles. The molecule has 0 aliphatic rings. The van der Waals surface area contributed by atoms with Gasteiger partial charge in [-0.3, -0.25) is 14.4 Å². The van der Waals surface area contributed by atoms with E-state index in [1.54, 1.807) is 19.1 Å². The molecule has 1 amide bonds. The van der Waals surface area contributed by atoms with Gasteiger partial charge in [0, 0.05) is 22.8 Å². The Kier molecular flexibility index (Phi) is 9.03. The lowest BCUT2D eigenvalue weighted by Gasteiger charge is -2.25. The van der Waals surface area contributed by atoms with Crippen LogP contribution in [0.2, 0.25) is 0 Å². The van der Waals surface area contributed by atoms with Crippen LogP contribution in [0.25, 0.3) is 0 Å². The number of amides is 1. The van der Waals surface area contributed by atoms with E-state index in [-0.39, 0.29) is 11.0 Å². The highest BCUT2D eigenvalue weighted by Gasteiger charge is 2.27. The van der Waals surface area contributed by atoms with E-state index in [0.29, 0.717) is 11.4 Å². The van der Waals surface area contributed by atoms with E-state index in [9.17, 15) is 19.5 Å². The fourth-order valence-electron chi connectivity index (χ4n) is 2.41. The first-order chi connectivity index (χ1) is 12.6. The maximum atomic E-state index is 12.8. The normalized spacial score (nSPS) is 12.5. The van der Waals surface area contributed by atoms with Crippen LogP contribution in [0.5, 0.6) is 0 Å². The molecule has 0 aromatic heterocycles. The van der Waals surface area contributed by atoms with Gasteiger partial charge in [-0.05, 0) is 30.5 Å². The second-order valence-electron chi connectivity index (χ2n) is 7.84. The number of carbonyl (C=O) groups excluding carboxylic acids is 2. The zero-order valence-electron chi connectivity index (χ0n) is 16.9. The summed E-state index contributed by atoms with van der Waals surface area (Å²) >= 11 is 1.13. The molecule has 1 aromatic carbocycles. The summed E-state index contributed by atoms with van der Waals surface area (Å²) in [6.07, 6.45) is 3.16. The lowest BCUT2D eigenvalue weighted by atomic mass is 10.00. The second kappa shape index (κ2) is 10.5. The topological polar surface area (TPSA) is 74.7 Å². The van der Waals surface area contributed by atoms with Crippen molar-refractivity contribution in [1.82, 2.24) is 0 Å². The van der Waals surface area contributed by atoms with Gasteiger partial charge in [-0.15, -0.1) is 0 Å². The number of hydrogen-bond donors (Lipinski definition) is 1. The van der Waals surface area contributed by atoms with Gasteiger partial charge in [0.25, 0.3) is 0 Å². The first kappa shape index (κ1) is 23.2. The zero-order valence-corrected chi connectivity index (χ0v) is 17.8. The average Bonchev–Trinajstić information content (AvgIpc) is 2.61. The summed E-state index contributed by atoms with van der Waals surface area (Å²) in [5.74, 6) is -1.48. The summed E-state index contributed by atoms with van der Waals surface area (Å²) in [7, 11) is 0. The van der Waals surface area contributed by atoms with Gasteiger partial charge in [0.1, 0.15) is 6.54 Å². The van der Waals surface area contributed by atoms with Gasteiger partial charge >= 0.3 is 5.97 Å². The molecule has 1 rings (SSSR count). The quantitative estimate of drug-likeness (QED) is 0.673. The summed E-state index contributed by atoms with van der Waals surface area (Å²) in [5.41, 5.74) is 1.27. The Morgan fingerprint density at radius 2 is 1.74 bits per heavy atom. The Bertz CT molecular complexity index is 649. The number of unbranched alkanes of at least 4 members (excludes halogenated alkanes) is 1. The van der Waals surface area contributed by atoms with Gasteiger partial charge in [0.05, 0.1) is 0 Å². The van der Waals surface area contributed by atoms with Crippen LogP contribution in [-0.2, 0) is 20.8 Å². The van der Waals surface area contributed by atoms with Crippen LogP contribution in [0.3, 0.4) is 0 Å². The predicted molar refractivity (Wildman–Crippen MR) is 111 cm³/mol. The largest absolute Gasteiger partial charge is 0.480 e. The van der Waals surface area contributed by atoms with E-state index >= 15 is 0 Å². The average molecular weight is 394 g/mol. The molecule has 1 unspecified atom stereocenters. The van der Waals surface area contributed by atoms with E-state index in [2.05, 4.69) is 6.92 Å². The number of anilines is 1. The summed E-state index contributed by atoms with van der Waals surface area (Å²) in [6.45, 7) is 8.99. The molecule has 0 fully saturated rings. The molecule has 1 N–H and O–H groups in total. The Labute approximate surface area is 166 Å². The summed E-state index contributed by atoms with van der Waals surface area (Å²) < 4.78 is 0. The predicted octanol–water partition coefficient (Wildman–Crippen LogP) is 4.39. The minimum Gasteiger partial charge on any atom is -0.480 e. The third-order valence-corrected chi connectivity index (χ3v) is 5.67. The number of thioether (sulfide) groups is 1. The van der Waals surface area contributed by atoms with Crippen molar-refractivity contribution < 1.29 is 19.5 Å².